The molecule has 1 aliphatic rings. The first-order chi connectivity index (χ1) is 4.74. The molecule has 0 aromatic carbocycles. The van der Waals surface area contributed by atoms with Crippen molar-refractivity contribution in [3.63, 3.8) is 0 Å². The van der Waals surface area contributed by atoms with Gasteiger partial charge < -0.3 is 10.0 Å². The molecule has 0 aliphatic carbocycles. The van der Waals surface area contributed by atoms with Gasteiger partial charge in [-0.25, -0.2) is 9.18 Å². The first-order valence-corrected chi connectivity index (χ1v) is 2.99. The molecule has 56 valence electrons. The van der Waals surface area contributed by atoms with E-state index in [1.807, 2.05) is 0 Å². The van der Waals surface area contributed by atoms with Crippen LogP contribution in [0.4, 0.5) is 9.18 Å². The van der Waals surface area contributed by atoms with Crippen LogP contribution in [0.15, 0.2) is 12.4 Å². The number of nitrogens with zero attached hydrogens (tertiary/aromatic N) is 1. The van der Waals surface area contributed by atoms with Gasteiger partial charge in [-0.2, -0.15) is 0 Å². The molecule has 10 heavy (non-hydrogen) atoms. The Morgan fingerprint density at radius 2 is 2.30 bits per heavy atom. The monoisotopic (exact) mass is 145 g/mol. The van der Waals surface area contributed by atoms with Crippen molar-refractivity contribution in [1.82, 2.24) is 4.90 Å². The minimum absolute atomic E-state index is 0.0844. The fourth-order valence-electron chi connectivity index (χ4n) is 0.893. The Morgan fingerprint density at radius 1 is 1.70 bits per heavy atom. The minimum Gasteiger partial charge on any atom is -0.465 e. The van der Waals surface area contributed by atoms with Gasteiger partial charge in [-0.05, 0) is 6.08 Å². The zero-order valence-electron chi connectivity index (χ0n) is 5.33. The molecule has 0 unspecified atom stereocenters. The zero-order chi connectivity index (χ0) is 7.56. The minimum atomic E-state index is -0.927. The van der Waals surface area contributed by atoms with Gasteiger partial charge >= 0.3 is 6.09 Å². The Labute approximate surface area is 57.7 Å². The zero-order valence-corrected chi connectivity index (χ0v) is 5.33. The fourth-order valence-corrected chi connectivity index (χ4v) is 0.893. The molecular formula is C6H8FNO2. The van der Waals surface area contributed by atoms with Crippen LogP contribution in [0.3, 0.4) is 0 Å². The highest BCUT2D eigenvalue weighted by Crippen LogP contribution is 2.16. The Morgan fingerprint density at radius 3 is 2.70 bits per heavy atom. The largest absolute Gasteiger partial charge is 0.465 e. The van der Waals surface area contributed by atoms with Crippen molar-refractivity contribution in [3.8, 4) is 0 Å². The second-order valence-electron chi connectivity index (χ2n) is 2.27. The number of carbonyl (C=O) groups is 1. The number of carboxylic acid groups (broad SMARTS) is 1. The van der Waals surface area contributed by atoms with Gasteiger partial charge in [0, 0.05) is 19.0 Å². The third-order valence-corrected chi connectivity index (χ3v) is 1.53. The average Bonchev–Trinajstić information content (AvgIpc) is 1.76. The first kappa shape index (κ1) is 7.05. The van der Waals surface area contributed by atoms with Crippen LogP contribution in [0, 0.1) is 5.92 Å². The molecule has 0 bridgehead atoms. The highest BCUT2D eigenvalue weighted by Gasteiger charge is 2.27. The molecule has 1 saturated heterocycles. The normalized spacial score (nSPS) is 19.5. The summed E-state index contributed by atoms with van der Waals surface area (Å²) >= 11 is 0. The van der Waals surface area contributed by atoms with E-state index in [1.54, 1.807) is 0 Å². The summed E-state index contributed by atoms with van der Waals surface area (Å²) in [6.07, 6.45) is 0.909. The van der Waals surface area contributed by atoms with Gasteiger partial charge in [0.1, 0.15) is 0 Å². The van der Waals surface area contributed by atoms with Crippen LogP contribution in [0.25, 0.3) is 0 Å². The summed E-state index contributed by atoms with van der Waals surface area (Å²) < 4.78 is 11.4. The van der Waals surface area contributed by atoms with Crippen LogP contribution in [0.2, 0.25) is 0 Å². The van der Waals surface area contributed by atoms with Crippen molar-refractivity contribution in [1.29, 1.82) is 0 Å². The molecule has 0 aromatic heterocycles. The summed E-state index contributed by atoms with van der Waals surface area (Å²) in [6, 6.07) is 0. The first-order valence-electron chi connectivity index (χ1n) is 2.99. The fraction of sp³-hybridized carbons (Fsp3) is 0.500. The van der Waals surface area contributed by atoms with Crippen LogP contribution in [0.1, 0.15) is 0 Å². The van der Waals surface area contributed by atoms with Gasteiger partial charge in [0.25, 0.3) is 0 Å². The quantitative estimate of drug-likeness (QED) is 0.599. The van der Waals surface area contributed by atoms with Gasteiger partial charge in [0.2, 0.25) is 0 Å². The summed E-state index contributed by atoms with van der Waals surface area (Å²) in [6.45, 7) is 0.853. The van der Waals surface area contributed by atoms with E-state index in [0.717, 1.165) is 0 Å². The number of hydrogen-bond donors (Lipinski definition) is 1. The van der Waals surface area contributed by atoms with E-state index in [2.05, 4.69) is 0 Å². The predicted molar refractivity (Wildman–Crippen MR) is 33.3 cm³/mol. The maximum Gasteiger partial charge on any atom is 0.407 e. The molecule has 0 aromatic rings. The molecule has 1 rings (SSSR count). The van der Waals surface area contributed by atoms with Crippen LogP contribution >= 0.6 is 0 Å². The van der Waals surface area contributed by atoms with Crippen LogP contribution in [-0.4, -0.2) is 29.2 Å². The molecule has 0 saturated carbocycles. The van der Waals surface area contributed by atoms with Gasteiger partial charge in [-0.15, -0.1) is 0 Å². The van der Waals surface area contributed by atoms with E-state index >= 15 is 0 Å². The lowest BCUT2D eigenvalue weighted by Crippen LogP contribution is -2.48. The topological polar surface area (TPSA) is 40.5 Å². The molecule has 4 heteroatoms. The van der Waals surface area contributed by atoms with Crippen LogP contribution in [-0.2, 0) is 0 Å². The van der Waals surface area contributed by atoms with E-state index in [0.29, 0.717) is 19.4 Å². The van der Waals surface area contributed by atoms with E-state index in [-0.39, 0.29) is 5.92 Å². The molecule has 1 aliphatic heterocycles. The van der Waals surface area contributed by atoms with E-state index < -0.39 is 6.09 Å². The molecule has 0 atom stereocenters. The number of likely N-dealkylation sites (tertiary alicyclic amines) is 1. The summed E-state index contributed by atoms with van der Waals surface area (Å²) in [7, 11) is 0. The second-order valence-corrected chi connectivity index (χ2v) is 2.27. The third-order valence-electron chi connectivity index (χ3n) is 1.53. The lowest BCUT2D eigenvalue weighted by molar-refractivity contribution is 0.0970. The number of halogens is 1. The molecule has 1 fully saturated rings. The van der Waals surface area contributed by atoms with Crippen molar-refractivity contribution in [2.75, 3.05) is 13.1 Å². The van der Waals surface area contributed by atoms with E-state index in [1.165, 1.54) is 11.0 Å². The number of amides is 1. The van der Waals surface area contributed by atoms with Gasteiger partial charge in [-0.3, -0.25) is 0 Å². The number of hydrogen-bond acceptors (Lipinski definition) is 1. The Kier molecular flexibility index (Phi) is 1.89. The molecule has 0 spiro atoms. The Hall–Kier alpha value is -1.06. The molecule has 1 N–H and O–H groups in total. The second kappa shape index (κ2) is 2.68. The Balaban J connectivity index is 2.24. The van der Waals surface area contributed by atoms with Gasteiger partial charge in [0.15, 0.2) is 0 Å². The molecule has 1 amide bonds. The van der Waals surface area contributed by atoms with Crippen LogP contribution in [0.5, 0.6) is 0 Å². The van der Waals surface area contributed by atoms with Crippen LogP contribution < -0.4 is 0 Å². The van der Waals surface area contributed by atoms with Gasteiger partial charge in [-0.1, -0.05) is 0 Å². The molecule has 1 heterocycles. The van der Waals surface area contributed by atoms with Crippen molar-refractivity contribution in [3.05, 3.63) is 12.4 Å². The van der Waals surface area contributed by atoms with Crippen molar-refractivity contribution < 1.29 is 14.3 Å². The molecule has 3 nitrogen and oxygen atoms in total. The summed E-state index contributed by atoms with van der Waals surface area (Å²) in [4.78, 5) is 11.4. The average molecular weight is 145 g/mol. The summed E-state index contributed by atoms with van der Waals surface area (Å²) in [5, 5.41) is 8.33. The van der Waals surface area contributed by atoms with Crippen molar-refractivity contribution in [2.24, 2.45) is 5.92 Å². The number of rotatable bonds is 1. The lowest BCUT2D eigenvalue weighted by Gasteiger charge is -2.34. The SMILES string of the molecule is O=C(O)N1CC(C=CF)C1. The van der Waals surface area contributed by atoms with E-state index in [9.17, 15) is 9.18 Å². The summed E-state index contributed by atoms with van der Waals surface area (Å²) in [5.74, 6) is 0.0844. The van der Waals surface area contributed by atoms with Crippen molar-refractivity contribution in [2.45, 2.75) is 0 Å². The molecule has 0 radical (unpaired) electrons. The summed E-state index contributed by atoms with van der Waals surface area (Å²) in [5.41, 5.74) is 0. The third kappa shape index (κ3) is 1.26. The highest BCUT2D eigenvalue weighted by atomic mass is 19.1. The lowest BCUT2D eigenvalue weighted by atomic mass is 10.0. The predicted octanol–water partition coefficient (Wildman–Crippen LogP) is 1.08. The smallest absolute Gasteiger partial charge is 0.407 e. The van der Waals surface area contributed by atoms with Crippen molar-refractivity contribution >= 4 is 6.09 Å². The molecular weight excluding hydrogens is 137 g/mol. The Bertz CT molecular complexity index is 163. The standard InChI is InChI=1S/C6H8FNO2/c7-2-1-5-3-8(4-5)6(9)10/h1-2,5H,3-4H2,(H,9,10). The maximum atomic E-state index is 11.4. The highest BCUT2D eigenvalue weighted by molar-refractivity contribution is 5.66. The van der Waals surface area contributed by atoms with E-state index in [4.69, 9.17) is 5.11 Å². The maximum absolute atomic E-state index is 11.4. The van der Waals surface area contributed by atoms with Gasteiger partial charge in [0.05, 0.1) is 6.33 Å².